The molecule has 1 aliphatic rings. The van der Waals surface area contributed by atoms with Gasteiger partial charge in [0.25, 0.3) is 0 Å². The monoisotopic (exact) mass is 411 g/mol. The van der Waals surface area contributed by atoms with Gasteiger partial charge < -0.3 is 4.90 Å². The molecule has 0 N–H and O–H groups in total. The molecule has 0 radical (unpaired) electrons. The van der Waals surface area contributed by atoms with E-state index in [2.05, 4.69) is 35.0 Å². The molecular formula is C18H16BrCl2NO. The Morgan fingerprint density at radius 2 is 2.00 bits per heavy atom. The van der Waals surface area contributed by atoms with Crippen molar-refractivity contribution in [3.8, 4) is 0 Å². The molecule has 0 saturated heterocycles. The Bertz CT molecular complexity index is 763. The van der Waals surface area contributed by atoms with Crippen molar-refractivity contribution in [2.45, 2.75) is 25.8 Å². The van der Waals surface area contributed by atoms with Crippen molar-refractivity contribution in [2.24, 2.45) is 0 Å². The quantitative estimate of drug-likeness (QED) is 0.601. The summed E-state index contributed by atoms with van der Waals surface area (Å²) in [6, 6.07) is 11.9. The van der Waals surface area contributed by atoms with E-state index in [1.165, 1.54) is 11.1 Å². The van der Waals surface area contributed by atoms with Crippen LogP contribution < -0.4 is 0 Å². The Balaban J connectivity index is 1.84. The lowest BCUT2D eigenvalue weighted by atomic mass is 9.93. The lowest BCUT2D eigenvalue weighted by molar-refractivity contribution is -0.133. The van der Waals surface area contributed by atoms with Gasteiger partial charge in [0.05, 0.1) is 17.5 Å². The molecule has 0 spiro atoms. The molecule has 1 aliphatic heterocycles. The van der Waals surface area contributed by atoms with Crippen molar-refractivity contribution in [1.82, 2.24) is 4.90 Å². The second kappa shape index (κ2) is 6.84. The Kier molecular flexibility index (Phi) is 5.00. The minimum absolute atomic E-state index is 0.0499. The standard InChI is InChI=1S/C18H16BrCl2NO/c1-11-13-5-3-2-4-12(13)8-9-22(11)17(23)10-14-16(20)7-6-15(19)18(14)21/h2-7,11H,8-10H2,1H3/t11-/m0/s1. The van der Waals surface area contributed by atoms with Gasteiger partial charge in [-0.25, -0.2) is 0 Å². The highest BCUT2D eigenvalue weighted by Crippen LogP contribution is 2.34. The first kappa shape index (κ1) is 16.8. The molecular weight excluding hydrogens is 397 g/mol. The fourth-order valence-corrected chi connectivity index (χ4v) is 3.97. The van der Waals surface area contributed by atoms with E-state index >= 15 is 0 Å². The summed E-state index contributed by atoms with van der Waals surface area (Å²) < 4.78 is 0.753. The van der Waals surface area contributed by atoms with Crippen molar-refractivity contribution in [1.29, 1.82) is 0 Å². The molecule has 2 nitrogen and oxygen atoms in total. The first-order chi connectivity index (χ1) is 11.0. The molecule has 0 saturated carbocycles. The first-order valence-corrected chi connectivity index (χ1v) is 9.03. The molecule has 0 fully saturated rings. The van der Waals surface area contributed by atoms with E-state index in [0.717, 1.165) is 17.4 Å². The van der Waals surface area contributed by atoms with Crippen LogP contribution in [0.15, 0.2) is 40.9 Å². The van der Waals surface area contributed by atoms with E-state index in [-0.39, 0.29) is 18.4 Å². The van der Waals surface area contributed by atoms with Crippen LogP contribution in [0.4, 0.5) is 0 Å². The fourth-order valence-electron chi connectivity index (χ4n) is 3.10. The van der Waals surface area contributed by atoms with Crippen LogP contribution in [0.1, 0.15) is 29.7 Å². The SMILES string of the molecule is C[C@H]1c2ccccc2CCN1C(=O)Cc1c(Cl)ccc(Br)c1Cl. The third kappa shape index (κ3) is 3.28. The van der Waals surface area contributed by atoms with E-state index in [9.17, 15) is 4.79 Å². The van der Waals surface area contributed by atoms with Crippen LogP contribution in [0, 0.1) is 0 Å². The molecule has 2 aromatic rings. The number of hydrogen-bond donors (Lipinski definition) is 0. The van der Waals surface area contributed by atoms with Gasteiger partial charge in [-0.1, -0.05) is 47.5 Å². The number of carbonyl (C=O) groups is 1. The topological polar surface area (TPSA) is 20.3 Å². The minimum Gasteiger partial charge on any atom is -0.335 e. The second-order valence-corrected chi connectivity index (χ2v) is 7.35. The van der Waals surface area contributed by atoms with E-state index in [1.54, 1.807) is 12.1 Å². The average molecular weight is 413 g/mol. The van der Waals surface area contributed by atoms with Gasteiger partial charge in [-0.05, 0) is 58.1 Å². The van der Waals surface area contributed by atoms with Crippen LogP contribution in [0.5, 0.6) is 0 Å². The summed E-state index contributed by atoms with van der Waals surface area (Å²) in [7, 11) is 0. The van der Waals surface area contributed by atoms with Gasteiger partial charge in [-0.3, -0.25) is 4.79 Å². The van der Waals surface area contributed by atoms with E-state index in [4.69, 9.17) is 23.2 Å². The Labute approximate surface area is 154 Å². The maximum absolute atomic E-state index is 12.8. The number of hydrogen-bond acceptors (Lipinski definition) is 1. The number of amides is 1. The van der Waals surface area contributed by atoms with Crippen molar-refractivity contribution >= 4 is 45.0 Å². The molecule has 0 aliphatic carbocycles. The highest BCUT2D eigenvalue weighted by atomic mass is 79.9. The first-order valence-electron chi connectivity index (χ1n) is 7.48. The molecule has 1 heterocycles. The smallest absolute Gasteiger partial charge is 0.227 e. The fraction of sp³-hybridized carbons (Fsp3) is 0.278. The number of rotatable bonds is 2. The Morgan fingerprint density at radius 1 is 1.26 bits per heavy atom. The lowest BCUT2D eigenvalue weighted by Gasteiger charge is -2.35. The van der Waals surface area contributed by atoms with Crippen molar-refractivity contribution in [3.63, 3.8) is 0 Å². The van der Waals surface area contributed by atoms with Gasteiger partial charge in [0.1, 0.15) is 0 Å². The summed E-state index contributed by atoms with van der Waals surface area (Å²) in [6.45, 7) is 2.79. The van der Waals surface area contributed by atoms with E-state index < -0.39 is 0 Å². The maximum atomic E-state index is 12.8. The van der Waals surface area contributed by atoms with Gasteiger partial charge >= 0.3 is 0 Å². The molecule has 0 unspecified atom stereocenters. The zero-order valence-corrected chi connectivity index (χ0v) is 15.7. The summed E-state index contributed by atoms with van der Waals surface area (Å²) in [5.74, 6) is 0.0499. The molecule has 3 rings (SSSR count). The second-order valence-electron chi connectivity index (χ2n) is 5.71. The van der Waals surface area contributed by atoms with E-state index in [0.29, 0.717) is 15.6 Å². The zero-order valence-electron chi connectivity index (χ0n) is 12.7. The molecule has 0 aromatic heterocycles. The average Bonchev–Trinajstić information content (AvgIpc) is 2.55. The summed E-state index contributed by atoms with van der Waals surface area (Å²) in [5, 5.41) is 1.03. The van der Waals surface area contributed by atoms with E-state index in [1.807, 2.05) is 17.0 Å². The number of benzene rings is 2. The van der Waals surface area contributed by atoms with Crippen LogP contribution in [-0.2, 0) is 17.6 Å². The summed E-state index contributed by atoms with van der Waals surface area (Å²) in [4.78, 5) is 14.7. The lowest BCUT2D eigenvalue weighted by Crippen LogP contribution is -2.39. The van der Waals surface area contributed by atoms with Crippen molar-refractivity contribution < 1.29 is 4.79 Å². The molecule has 23 heavy (non-hydrogen) atoms. The van der Waals surface area contributed by atoms with Crippen LogP contribution >= 0.6 is 39.1 Å². The Hall–Kier alpha value is -1.03. The summed E-state index contributed by atoms with van der Waals surface area (Å²) in [5.41, 5.74) is 3.22. The highest BCUT2D eigenvalue weighted by molar-refractivity contribution is 9.10. The molecule has 1 atom stereocenters. The number of halogens is 3. The van der Waals surface area contributed by atoms with Crippen molar-refractivity contribution in [2.75, 3.05) is 6.54 Å². The predicted molar refractivity (Wildman–Crippen MR) is 98.1 cm³/mol. The van der Waals surface area contributed by atoms with Gasteiger partial charge in [0.2, 0.25) is 5.91 Å². The van der Waals surface area contributed by atoms with Crippen LogP contribution in [0.2, 0.25) is 10.0 Å². The van der Waals surface area contributed by atoms with Gasteiger partial charge in [-0.2, -0.15) is 0 Å². The van der Waals surface area contributed by atoms with Gasteiger partial charge in [0.15, 0.2) is 0 Å². The van der Waals surface area contributed by atoms with Gasteiger partial charge in [0, 0.05) is 16.0 Å². The van der Waals surface area contributed by atoms with Gasteiger partial charge in [-0.15, -0.1) is 0 Å². The van der Waals surface area contributed by atoms with Crippen LogP contribution in [-0.4, -0.2) is 17.4 Å². The molecule has 120 valence electrons. The van der Waals surface area contributed by atoms with Crippen LogP contribution in [0.3, 0.4) is 0 Å². The molecule has 2 aromatic carbocycles. The normalized spacial score (nSPS) is 17.0. The third-order valence-corrected chi connectivity index (χ3v) is 6.06. The molecule has 0 bridgehead atoms. The molecule has 5 heteroatoms. The predicted octanol–water partition coefficient (Wildman–Crippen LogP) is 5.44. The maximum Gasteiger partial charge on any atom is 0.227 e. The third-order valence-electron chi connectivity index (χ3n) is 4.38. The number of nitrogens with zero attached hydrogens (tertiary/aromatic N) is 1. The van der Waals surface area contributed by atoms with Crippen LogP contribution in [0.25, 0.3) is 0 Å². The number of carbonyl (C=O) groups excluding carboxylic acids is 1. The zero-order chi connectivity index (χ0) is 16.6. The minimum atomic E-state index is 0.0499. The number of fused-ring (bicyclic) bond motifs is 1. The largest absolute Gasteiger partial charge is 0.335 e. The highest BCUT2D eigenvalue weighted by Gasteiger charge is 2.28. The summed E-state index contributed by atoms with van der Waals surface area (Å²) in [6.07, 6.45) is 1.09. The Morgan fingerprint density at radius 3 is 2.78 bits per heavy atom. The molecule has 1 amide bonds. The summed E-state index contributed by atoms with van der Waals surface area (Å²) >= 11 is 15.9. The van der Waals surface area contributed by atoms with Crippen molar-refractivity contribution in [3.05, 3.63) is 67.6 Å².